The third-order valence-corrected chi connectivity index (χ3v) is 3.92. The van der Waals surface area contributed by atoms with Gasteiger partial charge in [-0.2, -0.15) is 0 Å². The van der Waals surface area contributed by atoms with Crippen molar-refractivity contribution in [3.05, 3.63) is 34.9 Å². The Labute approximate surface area is 114 Å². The van der Waals surface area contributed by atoms with Crippen LogP contribution in [0.25, 0.3) is 0 Å². The predicted octanol–water partition coefficient (Wildman–Crippen LogP) is 2.74. The number of rotatable bonds is 2. The second-order valence-corrected chi connectivity index (χ2v) is 5.39. The van der Waals surface area contributed by atoms with Crippen LogP contribution in [-0.2, 0) is 4.79 Å². The van der Waals surface area contributed by atoms with E-state index in [-0.39, 0.29) is 11.8 Å². The topological polar surface area (TPSA) is 37.4 Å². The van der Waals surface area contributed by atoms with Gasteiger partial charge in [-0.25, -0.2) is 0 Å². The van der Waals surface area contributed by atoms with Crippen LogP contribution in [-0.4, -0.2) is 29.7 Å². The number of aryl methyl sites for hydroxylation is 2. The molecular weight excluding hydrogens is 238 g/mol. The molecule has 1 heterocycles. The van der Waals surface area contributed by atoms with Crippen molar-refractivity contribution in [3.63, 3.8) is 0 Å². The smallest absolute Gasteiger partial charge is 0.254 e. The fourth-order valence-electron chi connectivity index (χ4n) is 2.67. The van der Waals surface area contributed by atoms with E-state index in [1.807, 2.05) is 43.9 Å². The highest BCUT2D eigenvalue weighted by Gasteiger charge is 2.29. The third-order valence-electron chi connectivity index (χ3n) is 3.92. The summed E-state index contributed by atoms with van der Waals surface area (Å²) in [7, 11) is 0. The average Bonchev–Trinajstić information content (AvgIpc) is 2.38. The van der Waals surface area contributed by atoms with Gasteiger partial charge in [0, 0.05) is 31.0 Å². The summed E-state index contributed by atoms with van der Waals surface area (Å²) in [5.41, 5.74) is 2.93. The molecule has 1 fully saturated rings. The van der Waals surface area contributed by atoms with Gasteiger partial charge < -0.3 is 4.90 Å². The van der Waals surface area contributed by atoms with E-state index < -0.39 is 0 Å². The second-order valence-electron chi connectivity index (χ2n) is 5.39. The van der Waals surface area contributed by atoms with Gasteiger partial charge in [-0.15, -0.1) is 0 Å². The zero-order valence-electron chi connectivity index (χ0n) is 11.9. The highest BCUT2D eigenvalue weighted by molar-refractivity contribution is 5.97. The number of hydrogen-bond donors (Lipinski definition) is 0. The van der Waals surface area contributed by atoms with Crippen LogP contribution < -0.4 is 0 Å². The number of carbonyl (C=O) groups is 2. The predicted molar refractivity (Wildman–Crippen MR) is 75.2 cm³/mol. The standard InChI is InChI=1S/C16H21NO2/c1-4-13-10-17(8-7-15(13)18)16(19)14-6-5-11(2)9-12(14)3/h5-6,9,13H,4,7-8,10H2,1-3H3. The number of Topliss-reactive ketones (excluding diaryl/α,β-unsaturated/α-hetero) is 1. The number of piperidine rings is 1. The molecule has 1 aromatic carbocycles. The van der Waals surface area contributed by atoms with E-state index in [1.54, 1.807) is 0 Å². The molecular formula is C16H21NO2. The highest BCUT2D eigenvalue weighted by atomic mass is 16.2. The quantitative estimate of drug-likeness (QED) is 0.819. The lowest BCUT2D eigenvalue weighted by atomic mass is 9.93. The largest absolute Gasteiger partial charge is 0.337 e. The molecule has 1 atom stereocenters. The van der Waals surface area contributed by atoms with E-state index >= 15 is 0 Å². The van der Waals surface area contributed by atoms with Crippen LogP contribution in [0.4, 0.5) is 0 Å². The van der Waals surface area contributed by atoms with Crippen molar-refractivity contribution >= 4 is 11.7 Å². The van der Waals surface area contributed by atoms with E-state index in [4.69, 9.17) is 0 Å². The minimum absolute atomic E-state index is 0.0171. The van der Waals surface area contributed by atoms with E-state index in [1.165, 1.54) is 0 Å². The SMILES string of the molecule is CCC1CN(C(=O)c2ccc(C)cc2C)CCC1=O. The van der Waals surface area contributed by atoms with Crippen molar-refractivity contribution in [2.45, 2.75) is 33.6 Å². The molecule has 102 valence electrons. The van der Waals surface area contributed by atoms with Crippen molar-refractivity contribution < 1.29 is 9.59 Å². The molecule has 0 aliphatic carbocycles. The van der Waals surface area contributed by atoms with Gasteiger partial charge in [-0.05, 0) is 31.9 Å². The lowest BCUT2D eigenvalue weighted by Crippen LogP contribution is -2.44. The molecule has 2 rings (SSSR count). The number of benzene rings is 1. The van der Waals surface area contributed by atoms with Crippen LogP contribution in [0, 0.1) is 19.8 Å². The van der Waals surface area contributed by atoms with Crippen LogP contribution in [0.5, 0.6) is 0 Å². The maximum atomic E-state index is 12.5. The van der Waals surface area contributed by atoms with E-state index in [2.05, 4.69) is 0 Å². The first-order valence-electron chi connectivity index (χ1n) is 6.92. The Hall–Kier alpha value is -1.64. The molecule has 1 aliphatic heterocycles. The van der Waals surface area contributed by atoms with Crippen molar-refractivity contribution in [2.24, 2.45) is 5.92 Å². The third kappa shape index (κ3) is 2.86. The molecule has 1 unspecified atom stereocenters. The Balaban J connectivity index is 2.18. The molecule has 1 aliphatic rings. The molecule has 0 bridgehead atoms. The summed E-state index contributed by atoms with van der Waals surface area (Å²) < 4.78 is 0. The van der Waals surface area contributed by atoms with Crippen LogP contribution >= 0.6 is 0 Å². The number of hydrogen-bond acceptors (Lipinski definition) is 2. The zero-order chi connectivity index (χ0) is 14.0. The molecule has 1 saturated heterocycles. The molecule has 0 saturated carbocycles. The Morgan fingerprint density at radius 1 is 1.37 bits per heavy atom. The monoisotopic (exact) mass is 259 g/mol. The first-order valence-corrected chi connectivity index (χ1v) is 6.92. The van der Waals surface area contributed by atoms with Gasteiger partial charge in [-0.3, -0.25) is 9.59 Å². The summed E-state index contributed by atoms with van der Waals surface area (Å²) in [4.78, 5) is 26.0. The van der Waals surface area contributed by atoms with Gasteiger partial charge in [0.2, 0.25) is 0 Å². The van der Waals surface area contributed by atoms with Crippen LogP contribution in [0.2, 0.25) is 0 Å². The van der Waals surface area contributed by atoms with E-state index in [0.717, 1.165) is 23.1 Å². The highest BCUT2D eigenvalue weighted by Crippen LogP contribution is 2.20. The van der Waals surface area contributed by atoms with Crippen molar-refractivity contribution in [1.29, 1.82) is 0 Å². The average molecular weight is 259 g/mol. The Morgan fingerprint density at radius 3 is 2.74 bits per heavy atom. The molecule has 0 N–H and O–H groups in total. The zero-order valence-corrected chi connectivity index (χ0v) is 11.9. The maximum absolute atomic E-state index is 12.5. The van der Waals surface area contributed by atoms with Crippen LogP contribution in [0.1, 0.15) is 41.3 Å². The number of nitrogens with zero attached hydrogens (tertiary/aromatic N) is 1. The molecule has 0 aromatic heterocycles. The number of amides is 1. The molecule has 3 heteroatoms. The fraction of sp³-hybridized carbons (Fsp3) is 0.500. The molecule has 19 heavy (non-hydrogen) atoms. The lowest BCUT2D eigenvalue weighted by molar-refractivity contribution is -0.125. The molecule has 3 nitrogen and oxygen atoms in total. The van der Waals surface area contributed by atoms with Crippen LogP contribution in [0.3, 0.4) is 0 Å². The molecule has 0 spiro atoms. The lowest BCUT2D eigenvalue weighted by Gasteiger charge is -2.31. The summed E-state index contributed by atoms with van der Waals surface area (Å²) in [6, 6.07) is 5.89. The number of likely N-dealkylation sites (tertiary alicyclic amines) is 1. The van der Waals surface area contributed by atoms with Gasteiger partial charge in [0.05, 0.1) is 0 Å². The normalized spacial score (nSPS) is 19.6. The van der Waals surface area contributed by atoms with Crippen LogP contribution in [0.15, 0.2) is 18.2 Å². The summed E-state index contributed by atoms with van der Waals surface area (Å²) in [5.74, 6) is 0.374. The first-order chi connectivity index (χ1) is 9.02. The summed E-state index contributed by atoms with van der Waals surface area (Å²) in [6.45, 7) is 7.12. The fourth-order valence-corrected chi connectivity index (χ4v) is 2.67. The maximum Gasteiger partial charge on any atom is 0.254 e. The number of ketones is 1. The van der Waals surface area contributed by atoms with E-state index in [0.29, 0.717) is 25.3 Å². The van der Waals surface area contributed by atoms with Crippen molar-refractivity contribution in [3.8, 4) is 0 Å². The Morgan fingerprint density at radius 2 is 2.11 bits per heavy atom. The van der Waals surface area contributed by atoms with E-state index in [9.17, 15) is 9.59 Å². The Kier molecular flexibility index (Phi) is 4.03. The number of carbonyl (C=O) groups excluding carboxylic acids is 2. The summed E-state index contributed by atoms with van der Waals surface area (Å²) >= 11 is 0. The minimum Gasteiger partial charge on any atom is -0.337 e. The molecule has 1 amide bonds. The van der Waals surface area contributed by atoms with Crippen molar-refractivity contribution in [1.82, 2.24) is 4.90 Å². The first kappa shape index (κ1) is 13.8. The van der Waals surface area contributed by atoms with Gasteiger partial charge in [0.1, 0.15) is 5.78 Å². The van der Waals surface area contributed by atoms with Crippen molar-refractivity contribution in [2.75, 3.05) is 13.1 Å². The summed E-state index contributed by atoms with van der Waals surface area (Å²) in [6.07, 6.45) is 1.31. The van der Waals surface area contributed by atoms with Gasteiger partial charge in [0.15, 0.2) is 0 Å². The summed E-state index contributed by atoms with van der Waals surface area (Å²) in [5, 5.41) is 0. The molecule has 0 radical (unpaired) electrons. The van der Waals surface area contributed by atoms with Gasteiger partial charge in [-0.1, -0.05) is 24.6 Å². The Bertz CT molecular complexity index is 507. The second kappa shape index (κ2) is 5.55. The van der Waals surface area contributed by atoms with Gasteiger partial charge >= 0.3 is 0 Å². The minimum atomic E-state index is 0.0171. The molecule has 1 aromatic rings. The van der Waals surface area contributed by atoms with Gasteiger partial charge in [0.25, 0.3) is 5.91 Å².